The summed E-state index contributed by atoms with van der Waals surface area (Å²) in [5.41, 5.74) is 0. The average Bonchev–Trinajstić information content (AvgIpc) is 1.94. The first-order valence-corrected chi connectivity index (χ1v) is 5.82. The Morgan fingerprint density at radius 1 is 1.60 bits per heavy atom. The van der Waals surface area contributed by atoms with Crippen molar-refractivity contribution in [1.29, 1.82) is 0 Å². The van der Waals surface area contributed by atoms with E-state index in [9.17, 15) is 0 Å². The third kappa shape index (κ3) is 2.24. The van der Waals surface area contributed by atoms with Crippen LogP contribution in [0.2, 0.25) is 0 Å². The maximum absolute atomic E-state index is 2.36. The lowest BCUT2D eigenvalue weighted by atomic mass is 10.3. The predicted octanol–water partition coefficient (Wildman–Crippen LogP) is 3.15. The lowest BCUT2D eigenvalue weighted by molar-refractivity contribution is 1.14. The van der Waals surface area contributed by atoms with Crippen molar-refractivity contribution >= 4 is 23.5 Å². The van der Waals surface area contributed by atoms with E-state index in [0.717, 1.165) is 5.25 Å². The Bertz CT molecular complexity index is 129. The standard InChI is InChI=1S/C8H14S2/c1-3-4-8-7(2)9-5-6-10-8/h4,7H,3,5-6H2,1-2H3/b8-4+. The van der Waals surface area contributed by atoms with Crippen molar-refractivity contribution in [3.63, 3.8) is 0 Å². The molecule has 1 aliphatic heterocycles. The van der Waals surface area contributed by atoms with Gasteiger partial charge in [-0.2, -0.15) is 11.8 Å². The van der Waals surface area contributed by atoms with Crippen molar-refractivity contribution in [2.24, 2.45) is 0 Å². The van der Waals surface area contributed by atoms with Gasteiger partial charge in [0.25, 0.3) is 0 Å². The van der Waals surface area contributed by atoms with E-state index in [0.29, 0.717) is 0 Å². The van der Waals surface area contributed by atoms with Crippen LogP contribution in [0.5, 0.6) is 0 Å². The zero-order valence-electron chi connectivity index (χ0n) is 6.59. The first-order chi connectivity index (χ1) is 4.84. The van der Waals surface area contributed by atoms with Crippen LogP contribution >= 0.6 is 23.5 Å². The van der Waals surface area contributed by atoms with Crippen LogP contribution in [0.1, 0.15) is 20.3 Å². The molecule has 0 aromatic rings. The highest BCUT2D eigenvalue weighted by Gasteiger charge is 2.13. The van der Waals surface area contributed by atoms with Gasteiger partial charge in [-0.1, -0.05) is 13.0 Å². The second-order valence-electron chi connectivity index (χ2n) is 2.38. The Labute approximate surface area is 71.8 Å². The molecule has 0 spiro atoms. The minimum absolute atomic E-state index is 0.763. The minimum atomic E-state index is 0.763. The summed E-state index contributed by atoms with van der Waals surface area (Å²) in [4.78, 5) is 1.60. The van der Waals surface area contributed by atoms with Gasteiger partial charge in [-0.3, -0.25) is 0 Å². The zero-order chi connectivity index (χ0) is 7.40. The molecule has 1 rings (SSSR count). The van der Waals surface area contributed by atoms with E-state index in [1.165, 1.54) is 17.9 Å². The molecule has 1 unspecified atom stereocenters. The summed E-state index contributed by atoms with van der Waals surface area (Å²) >= 11 is 4.11. The summed E-state index contributed by atoms with van der Waals surface area (Å²) < 4.78 is 0. The van der Waals surface area contributed by atoms with Crippen molar-refractivity contribution < 1.29 is 0 Å². The largest absolute Gasteiger partial charge is 0.153 e. The molecule has 1 heterocycles. The SMILES string of the molecule is CC/C=C1/SCCSC1C. The van der Waals surface area contributed by atoms with Gasteiger partial charge < -0.3 is 0 Å². The molecule has 10 heavy (non-hydrogen) atoms. The van der Waals surface area contributed by atoms with Crippen LogP contribution in [0.4, 0.5) is 0 Å². The van der Waals surface area contributed by atoms with Crippen molar-refractivity contribution in [3.05, 3.63) is 11.0 Å². The second-order valence-corrected chi connectivity index (χ2v) is 4.99. The molecule has 1 fully saturated rings. The van der Waals surface area contributed by atoms with Crippen molar-refractivity contribution in [2.45, 2.75) is 25.5 Å². The Balaban J connectivity index is 2.47. The first kappa shape index (κ1) is 8.54. The van der Waals surface area contributed by atoms with E-state index in [4.69, 9.17) is 0 Å². The summed E-state index contributed by atoms with van der Waals surface area (Å²) in [6.45, 7) is 4.51. The highest BCUT2D eigenvalue weighted by atomic mass is 32.2. The lowest BCUT2D eigenvalue weighted by Gasteiger charge is -2.20. The normalized spacial score (nSPS) is 31.0. The molecule has 0 radical (unpaired) electrons. The maximum atomic E-state index is 2.36. The fraction of sp³-hybridized carbons (Fsp3) is 0.750. The van der Waals surface area contributed by atoms with Crippen LogP contribution in [-0.4, -0.2) is 16.8 Å². The molecule has 0 amide bonds. The van der Waals surface area contributed by atoms with Crippen molar-refractivity contribution in [1.82, 2.24) is 0 Å². The molecular formula is C8H14S2. The van der Waals surface area contributed by atoms with Gasteiger partial charge >= 0.3 is 0 Å². The van der Waals surface area contributed by atoms with Gasteiger partial charge in [0.1, 0.15) is 0 Å². The van der Waals surface area contributed by atoms with Crippen LogP contribution in [0.25, 0.3) is 0 Å². The van der Waals surface area contributed by atoms with Crippen LogP contribution < -0.4 is 0 Å². The fourth-order valence-electron chi connectivity index (χ4n) is 1.01. The molecule has 0 saturated carbocycles. The van der Waals surface area contributed by atoms with E-state index in [1.54, 1.807) is 4.91 Å². The van der Waals surface area contributed by atoms with Crippen LogP contribution in [0.3, 0.4) is 0 Å². The molecule has 0 N–H and O–H groups in total. The summed E-state index contributed by atoms with van der Waals surface area (Å²) in [7, 11) is 0. The van der Waals surface area contributed by atoms with E-state index in [2.05, 4.69) is 31.7 Å². The van der Waals surface area contributed by atoms with E-state index < -0.39 is 0 Å². The Morgan fingerprint density at radius 2 is 2.40 bits per heavy atom. The Kier molecular flexibility index (Phi) is 3.71. The molecule has 0 aliphatic carbocycles. The van der Waals surface area contributed by atoms with Gasteiger partial charge in [0.2, 0.25) is 0 Å². The van der Waals surface area contributed by atoms with Gasteiger partial charge in [0.05, 0.1) is 0 Å². The number of allylic oxidation sites excluding steroid dienone is 1. The summed E-state index contributed by atoms with van der Waals surface area (Å²) in [5, 5.41) is 0.763. The number of thioether (sulfide) groups is 2. The monoisotopic (exact) mass is 174 g/mol. The molecule has 1 saturated heterocycles. The molecule has 2 heteroatoms. The average molecular weight is 174 g/mol. The van der Waals surface area contributed by atoms with Crippen molar-refractivity contribution in [3.8, 4) is 0 Å². The second kappa shape index (κ2) is 4.35. The molecule has 0 nitrogen and oxygen atoms in total. The highest BCUT2D eigenvalue weighted by molar-refractivity contribution is 8.09. The predicted molar refractivity (Wildman–Crippen MR) is 52.8 cm³/mol. The molecule has 1 aliphatic rings. The number of hydrogen-bond acceptors (Lipinski definition) is 2. The number of rotatable bonds is 1. The van der Waals surface area contributed by atoms with Gasteiger partial charge in [-0.25, -0.2) is 0 Å². The first-order valence-electron chi connectivity index (χ1n) is 3.79. The Morgan fingerprint density at radius 3 is 3.00 bits per heavy atom. The third-order valence-corrected chi connectivity index (χ3v) is 4.39. The molecule has 0 aromatic carbocycles. The molecular weight excluding hydrogens is 160 g/mol. The van der Waals surface area contributed by atoms with Gasteiger partial charge in [0, 0.05) is 16.8 Å². The van der Waals surface area contributed by atoms with E-state index in [1.807, 2.05) is 11.8 Å². The van der Waals surface area contributed by atoms with Gasteiger partial charge in [-0.15, -0.1) is 11.8 Å². The summed E-state index contributed by atoms with van der Waals surface area (Å²) in [5.74, 6) is 2.63. The summed E-state index contributed by atoms with van der Waals surface area (Å²) in [6, 6.07) is 0. The fourth-order valence-corrected chi connectivity index (χ4v) is 3.51. The summed E-state index contributed by atoms with van der Waals surface area (Å²) in [6.07, 6.45) is 3.55. The van der Waals surface area contributed by atoms with Crippen molar-refractivity contribution in [2.75, 3.05) is 11.5 Å². The van der Waals surface area contributed by atoms with Crippen LogP contribution in [0, 0.1) is 0 Å². The minimum Gasteiger partial charge on any atom is -0.153 e. The van der Waals surface area contributed by atoms with Crippen LogP contribution in [0.15, 0.2) is 11.0 Å². The van der Waals surface area contributed by atoms with Gasteiger partial charge in [0.15, 0.2) is 0 Å². The molecule has 58 valence electrons. The van der Waals surface area contributed by atoms with E-state index >= 15 is 0 Å². The van der Waals surface area contributed by atoms with Gasteiger partial charge in [-0.05, 0) is 18.2 Å². The van der Waals surface area contributed by atoms with Crippen LogP contribution in [-0.2, 0) is 0 Å². The molecule has 0 aromatic heterocycles. The third-order valence-electron chi connectivity index (χ3n) is 1.53. The maximum Gasteiger partial charge on any atom is 0.0325 e. The Hall–Kier alpha value is 0.440. The number of hydrogen-bond donors (Lipinski definition) is 0. The quantitative estimate of drug-likeness (QED) is 0.599. The zero-order valence-corrected chi connectivity index (χ0v) is 8.23. The topological polar surface area (TPSA) is 0 Å². The van der Waals surface area contributed by atoms with E-state index in [-0.39, 0.29) is 0 Å². The highest BCUT2D eigenvalue weighted by Crippen LogP contribution is 2.34. The molecule has 1 atom stereocenters. The lowest BCUT2D eigenvalue weighted by Crippen LogP contribution is -2.07. The smallest absolute Gasteiger partial charge is 0.0325 e. The molecule has 0 bridgehead atoms.